The van der Waals surface area contributed by atoms with E-state index in [2.05, 4.69) is 45.1 Å². The Balaban J connectivity index is 0. The molecule has 0 saturated carbocycles. The summed E-state index contributed by atoms with van der Waals surface area (Å²) in [6.45, 7) is 6.19. The summed E-state index contributed by atoms with van der Waals surface area (Å²) in [6.07, 6.45) is 8.46. The average Bonchev–Trinajstić information content (AvgIpc) is 2.71. The number of rotatable bonds is 3. The predicted molar refractivity (Wildman–Crippen MR) is 73.2 cm³/mol. The number of allylic oxidation sites excluding steroid dienone is 3. The van der Waals surface area contributed by atoms with Gasteiger partial charge in [0.1, 0.15) is 11.4 Å². The van der Waals surface area contributed by atoms with Gasteiger partial charge in [-0.25, -0.2) is 6.08 Å². The maximum atomic E-state index is 5.96. The number of hydrogen-bond acceptors (Lipinski definition) is 2. The van der Waals surface area contributed by atoms with E-state index >= 15 is 0 Å². The summed E-state index contributed by atoms with van der Waals surface area (Å²) in [5.41, 5.74) is -0.166. The molecule has 0 spiro atoms. The zero-order chi connectivity index (χ0) is 12.3. The van der Waals surface area contributed by atoms with Crippen molar-refractivity contribution < 1.29 is 51.3 Å². The fraction of sp³-hybridized carbons (Fsp3) is 0.333. The molecular weight excluding hydrogens is 347 g/mol. The van der Waals surface area contributed by atoms with Crippen LogP contribution >= 0.6 is 11.8 Å². The quantitative estimate of drug-likeness (QED) is 0.483. The number of thioether (sulfide) groups is 1. The maximum Gasteiger partial charge on any atom is 3.00 e. The predicted octanol–water partition coefficient (Wildman–Crippen LogP) is -1.39. The van der Waals surface area contributed by atoms with Crippen molar-refractivity contribution in [2.45, 2.75) is 37.7 Å². The van der Waals surface area contributed by atoms with Crippen LogP contribution in [-0.4, -0.2) is 5.60 Å². The second-order valence-electron chi connectivity index (χ2n) is 4.91. The summed E-state index contributed by atoms with van der Waals surface area (Å²) >= 11 is 1.71. The van der Waals surface area contributed by atoms with Crippen molar-refractivity contribution in [3.63, 3.8) is 0 Å². The molecule has 1 aliphatic carbocycles. The van der Waals surface area contributed by atoms with Gasteiger partial charge in [-0.05, 0) is 32.9 Å². The van der Waals surface area contributed by atoms with E-state index in [1.54, 1.807) is 11.8 Å². The van der Waals surface area contributed by atoms with Crippen LogP contribution < -0.4 is 29.6 Å². The van der Waals surface area contributed by atoms with E-state index in [-0.39, 0.29) is 52.1 Å². The van der Waals surface area contributed by atoms with Crippen LogP contribution in [0, 0.1) is 6.08 Å². The molecule has 0 unspecified atom stereocenters. The van der Waals surface area contributed by atoms with Gasteiger partial charge in [-0.15, -0.1) is 18.2 Å². The van der Waals surface area contributed by atoms with E-state index < -0.39 is 0 Å². The van der Waals surface area contributed by atoms with Gasteiger partial charge < -0.3 is 29.6 Å². The zero-order valence-corrected chi connectivity index (χ0v) is 15.6. The first-order chi connectivity index (χ1) is 8.04. The van der Waals surface area contributed by atoms with Crippen LogP contribution in [0.1, 0.15) is 27.2 Å². The minimum Gasteiger partial charge on any atom is -1.00 e. The van der Waals surface area contributed by atoms with Crippen LogP contribution in [0.3, 0.4) is 0 Å². The Kier molecular flexibility index (Phi) is 11.2. The van der Waals surface area contributed by atoms with Gasteiger partial charge in [0.05, 0.1) is 4.90 Å². The van der Waals surface area contributed by atoms with Crippen LogP contribution in [0.25, 0.3) is 0 Å². The molecule has 1 radical (unpaired) electrons. The minimum atomic E-state index is -0.166. The summed E-state index contributed by atoms with van der Waals surface area (Å²) in [7, 11) is 0. The van der Waals surface area contributed by atoms with Crippen LogP contribution in [0.5, 0.6) is 5.75 Å². The monoisotopic (exact) mass is 363 g/mol. The Morgan fingerprint density at radius 1 is 1.15 bits per heavy atom. The molecule has 0 fully saturated rings. The maximum absolute atomic E-state index is 5.96. The Morgan fingerprint density at radius 2 is 1.80 bits per heavy atom. The third kappa shape index (κ3) is 7.24. The zero-order valence-electron chi connectivity index (χ0n) is 11.7. The SMILES string of the molecule is CC(C)(C)Oc1ccccc1SC1=[C-]CC=C1.[Cl-].[Cl-].[Ti+3]. The standard InChI is InChI=1S/C15H17OS.2ClH.Ti/c1-15(2,3)16-13-10-6-7-11-14(13)17-12-8-4-5-9-12;;;/h4,6-8,10-11H,5H2,1-3H3;2*1H;/q-1;;;+3/p-2. The Labute approximate surface area is 153 Å². The molecule has 0 heterocycles. The molecule has 0 atom stereocenters. The van der Waals surface area contributed by atoms with Crippen molar-refractivity contribution in [2.24, 2.45) is 0 Å². The van der Waals surface area contributed by atoms with Crippen molar-refractivity contribution in [3.05, 3.63) is 47.4 Å². The van der Waals surface area contributed by atoms with Crippen LogP contribution in [-0.2, 0) is 21.7 Å². The summed E-state index contributed by atoms with van der Waals surface area (Å²) in [5.74, 6) is 0.944. The van der Waals surface area contributed by atoms with Gasteiger partial charge >= 0.3 is 21.7 Å². The Hall–Kier alpha value is 0.144. The topological polar surface area (TPSA) is 9.23 Å². The molecule has 0 aromatic heterocycles. The van der Waals surface area contributed by atoms with Crippen molar-refractivity contribution in [1.82, 2.24) is 0 Å². The minimum absolute atomic E-state index is 0. The number of halogens is 2. The van der Waals surface area contributed by atoms with Crippen molar-refractivity contribution in [1.29, 1.82) is 0 Å². The Morgan fingerprint density at radius 3 is 2.35 bits per heavy atom. The van der Waals surface area contributed by atoms with Gasteiger partial charge in [0.25, 0.3) is 0 Å². The first-order valence-electron chi connectivity index (χ1n) is 5.78. The number of benzene rings is 1. The fourth-order valence-electron chi connectivity index (χ4n) is 1.52. The number of para-hydroxylation sites is 1. The third-order valence-corrected chi connectivity index (χ3v) is 3.21. The third-order valence-electron chi connectivity index (χ3n) is 2.15. The molecule has 0 bridgehead atoms. The van der Waals surface area contributed by atoms with E-state index in [4.69, 9.17) is 4.74 Å². The van der Waals surface area contributed by atoms with Gasteiger partial charge in [-0.2, -0.15) is 11.0 Å². The van der Waals surface area contributed by atoms with E-state index in [0.29, 0.717) is 0 Å². The Bertz CT molecular complexity index is 467. The molecule has 0 amide bonds. The molecule has 1 aromatic rings. The fourth-order valence-corrected chi connectivity index (χ4v) is 2.44. The van der Waals surface area contributed by atoms with E-state index in [1.807, 2.05) is 18.2 Å². The van der Waals surface area contributed by atoms with Gasteiger partial charge in [0.2, 0.25) is 0 Å². The molecule has 2 rings (SSSR count). The van der Waals surface area contributed by atoms with Crippen LogP contribution in [0.15, 0.2) is 46.2 Å². The van der Waals surface area contributed by atoms with Gasteiger partial charge in [0, 0.05) is 0 Å². The van der Waals surface area contributed by atoms with E-state index in [9.17, 15) is 0 Å². The smallest absolute Gasteiger partial charge is 1.00 e. The molecule has 0 saturated heterocycles. The molecule has 1 aliphatic rings. The van der Waals surface area contributed by atoms with Gasteiger partial charge in [-0.1, -0.05) is 12.1 Å². The van der Waals surface area contributed by atoms with Crippen molar-refractivity contribution in [2.75, 3.05) is 0 Å². The molecular formula is C15H17Cl2OSTi. The van der Waals surface area contributed by atoms with Crippen molar-refractivity contribution in [3.8, 4) is 5.75 Å². The summed E-state index contributed by atoms with van der Waals surface area (Å²) < 4.78 is 5.96. The molecule has 107 valence electrons. The average molecular weight is 364 g/mol. The molecule has 0 N–H and O–H groups in total. The van der Waals surface area contributed by atoms with Gasteiger partial charge in [0.15, 0.2) is 0 Å². The first kappa shape index (κ1) is 22.4. The summed E-state index contributed by atoms with van der Waals surface area (Å²) in [4.78, 5) is 2.33. The second-order valence-corrected chi connectivity index (χ2v) is 5.99. The van der Waals surface area contributed by atoms with Crippen molar-refractivity contribution >= 4 is 11.8 Å². The number of ether oxygens (including phenoxy) is 1. The summed E-state index contributed by atoms with van der Waals surface area (Å²) in [6, 6.07) is 8.16. The molecule has 0 aliphatic heterocycles. The molecule has 5 heteroatoms. The molecule has 1 aromatic carbocycles. The molecule has 1 nitrogen and oxygen atoms in total. The largest absolute Gasteiger partial charge is 3.00 e. The van der Waals surface area contributed by atoms with Gasteiger partial charge in [-0.3, -0.25) is 6.08 Å². The summed E-state index contributed by atoms with van der Waals surface area (Å²) in [5, 5.41) is 0. The molecule has 20 heavy (non-hydrogen) atoms. The first-order valence-corrected chi connectivity index (χ1v) is 6.59. The number of hydrogen-bond donors (Lipinski definition) is 0. The second kappa shape index (κ2) is 9.97. The van der Waals surface area contributed by atoms with E-state index in [1.165, 1.54) is 4.91 Å². The van der Waals surface area contributed by atoms with Crippen LogP contribution in [0.4, 0.5) is 0 Å². The normalized spacial score (nSPS) is 12.7. The van der Waals surface area contributed by atoms with E-state index in [0.717, 1.165) is 17.1 Å². The van der Waals surface area contributed by atoms with Crippen LogP contribution in [0.2, 0.25) is 0 Å².